The van der Waals surface area contributed by atoms with E-state index < -0.39 is 0 Å². The van der Waals surface area contributed by atoms with Crippen molar-refractivity contribution < 1.29 is 4.79 Å². The molecule has 0 aliphatic carbocycles. The summed E-state index contributed by atoms with van der Waals surface area (Å²) in [6.07, 6.45) is 4.81. The van der Waals surface area contributed by atoms with Crippen LogP contribution in [0.2, 0.25) is 0 Å². The fraction of sp³-hybridized carbons (Fsp3) is 0.500. The number of hydrogen-bond donors (Lipinski definition) is 0. The van der Waals surface area contributed by atoms with Crippen LogP contribution in [-0.2, 0) is 0 Å². The Morgan fingerprint density at radius 2 is 2.08 bits per heavy atom. The van der Waals surface area contributed by atoms with Crippen LogP contribution in [0.3, 0.4) is 0 Å². The number of anilines is 1. The molecule has 0 unspecified atom stereocenters. The lowest BCUT2D eigenvalue weighted by atomic mass is 10.1. The van der Waals surface area contributed by atoms with E-state index >= 15 is 0 Å². The number of aldehydes is 1. The van der Waals surface area contributed by atoms with Gasteiger partial charge >= 0.3 is 0 Å². The standard InChI is InChI=1S/C10H13NOS/c12-8-10-9(4-7-13-10)11-5-2-1-3-6-11/h4,7-8H,1-3,5-6H2. The molecule has 2 rings (SSSR count). The van der Waals surface area contributed by atoms with E-state index in [1.54, 1.807) is 0 Å². The van der Waals surface area contributed by atoms with Crippen molar-refractivity contribution in [1.82, 2.24) is 0 Å². The highest BCUT2D eigenvalue weighted by molar-refractivity contribution is 7.12. The third kappa shape index (κ3) is 1.75. The minimum absolute atomic E-state index is 0.877. The second-order valence-corrected chi connectivity index (χ2v) is 4.28. The number of rotatable bonds is 2. The third-order valence-electron chi connectivity index (χ3n) is 2.48. The van der Waals surface area contributed by atoms with Gasteiger partial charge < -0.3 is 4.90 Å². The highest BCUT2D eigenvalue weighted by Gasteiger charge is 2.14. The summed E-state index contributed by atoms with van der Waals surface area (Å²) >= 11 is 1.53. The number of carbonyl (C=O) groups excluding carboxylic acids is 1. The minimum atomic E-state index is 0.877. The van der Waals surface area contributed by atoms with Crippen molar-refractivity contribution in [3.05, 3.63) is 16.3 Å². The third-order valence-corrected chi connectivity index (χ3v) is 3.31. The summed E-state index contributed by atoms with van der Waals surface area (Å²) in [7, 11) is 0. The molecule has 0 N–H and O–H groups in total. The largest absolute Gasteiger partial charge is 0.370 e. The molecule has 0 atom stereocenters. The van der Waals surface area contributed by atoms with Gasteiger partial charge in [-0.2, -0.15) is 0 Å². The Bertz CT molecular complexity index is 289. The normalized spacial score (nSPS) is 17.4. The van der Waals surface area contributed by atoms with Gasteiger partial charge in [0.25, 0.3) is 0 Å². The lowest BCUT2D eigenvalue weighted by Gasteiger charge is -2.28. The van der Waals surface area contributed by atoms with Crippen LogP contribution in [0.4, 0.5) is 5.69 Å². The summed E-state index contributed by atoms with van der Waals surface area (Å²) in [5, 5.41) is 1.99. The van der Waals surface area contributed by atoms with E-state index in [0.29, 0.717) is 0 Å². The average Bonchev–Trinajstić information content (AvgIpc) is 2.67. The van der Waals surface area contributed by atoms with E-state index in [9.17, 15) is 4.79 Å². The summed E-state index contributed by atoms with van der Waals surface area (Å²) in [5.74, 6) is 0. The molecule has 1 aromatic rings. The topological polar surface area (TPSA) is 20.3 Å². The van der Waals surface area contributed by atoms with Gasteiger partial charge in [-0.25, -0.2) is 0 Å². The molecule has 0 amide bonds. The van der Waals surface area contributed by atoms with E-state index in [0.717, 1.165) is 29.9 Å². The zero-order valence-corrected chi connectivity index (χ0v) is 8.35. The number of piperidine rings is 1. The molecule has 1 aliphatic rings. The molecule has 1 fully saturated rings. The molecular formula is C10H13NOS. The van der Waals surface area contributed by atoms with Crippen molar-refractivity contribution >= 4 is 23.3 Å². The first kappa shape index (κ1) is 8.75. The van der Waals surface area contributed by atoms with Gasteiger partial charge in [-0.3, -0.25) is 4.79 Å². The lowest BCUT2D eigenvalue weighted by Crippen LogP contribution is -2.29. The molecule has 13 heavy (non-hydrogen) atoms. The molecule has 70 valence electrons. The van der Waals surface area contributed by atoms with Gasteiger partial charge in [0.2, 0.25) is 0 Å². The second-order valence-electron chi connectivity index (χ2n) is 3.34. The number of nitrogens with zero attached hydrogens (tertiary/aromatic N) is 1. The maximum absolute atomic E-state index is 10.7. The Morgan fingerprint density at radius 3 is 2.77 bits per heavy atom. The van der Waals surface area contributed by atoms with Gasteiger partial charge in [-0.15, -0.1) is 11.3 Å². The first-order chi connectivity index (χ1) is 6.42. The van der Waals surface area contributed by atoms with Gasteiger partial charge in [0, 0.05) is 13.1 Å². The van der Waals surface area contributed by atoms with Crippen LogP contribution < -0.4 is 4.90 Å². The molecule has 0 aromatic carbocycles. The Balaban J connectivity index is 2.17. The highest BCUT2D eigenvalue weighted by atomic mass is 32.1. The van der Waals surface area contributed by atoms with Crippen molar-refractivity contribution in [2.24, 2.45) is 0 Å². The molecule has 0 saturated carbocycles. The lowest BCUT2D eigenvalue weighted by molar-refractivity contribution is 0.112. The van der Waals surface area contributed by atoms with E-state index in [1.165, 1.54) is 30.6 Å². The maximum Gasteiger partial charge on any atom is 0.162 e. The second kappa shape index (κ2) is 3.92. The van der Waals surface area contributed by atoms with Gasteiger partial charge in [0.05, 0.1) is 10.6 Å². The van der Waals surface area contributed by atoms with Crippen molar-refractivity contribution in [1.29, 1.82) is 0 Å². The molecule has 1 aromatic heterocycles. The summed E-state index contributed by atoms with van der Waals surface area (Å²) in [4.78, 5) is 13.9. The Morgan fingerprint density at radius 1 is 1.31 bits per heavy atom. The van der Waals surface area contributed by atoms with Crippen LogP contribution >= 0.6 is 11.3 Å². The van der Waals surface area contributed by atoms with Gasteiger partial charge in [0.1, 0.15) is 0 Å². The summed E-state index contributed by atoms with van der Waals surface area (Å²) < 4.78 is 0. The van der Waals surface area contributed by atoms with Crippen LogP contribution in [0, 0.1) is 0 Å². The molecular weight excluding hydrogens is 182 g/mol. The van der Waals surface area contributed by atoms with Gasteiger partial charge in [0.15, 0.2) is 6.29 Å². The monoisotopic (exact) mass is 195 g/mol. The van der Waals surface area contributed by atoms with E-state index in [2.05, 4.69) is 11.0 Å². The number of carbonyl (C=O) groups is 1. The van der Waals surface area contributed by atoms with Crippen LogP contribution in [0.5, 0.6) is 0 Å². The van der Waals surface area contributed by atoms with E-state index in [1.807, 2.05) is 5.38 Å². The molecule has 2 nitrogen and oxygen atoms in total. The molecule has 0 radical (unpaired) electrons. The van der Waals surface area contributed by atoms with Crippen molar-refractivity contribution in [2.45, 2.75) is 19.3 Å². The van der Waals surface area contributed by atoms with E-state index in [4.69, 9.17) is 0 Å². The quantitative estimate of drug-likeness (QED) is 0.676. The van der Waals surface area contributed by atoms with Gasteiger partial charge in [-0.1, -0.05) is 0 Å². The zero-order chi connectivity index (χ0) is 9.10. The Kier molecular flexibility index (Phi) is 2.64. The van der Waals surface area contributed by atoms with Crippen molar-refractivity contribution in [3.8, 4) is 0 Å². The summed E-state index contributed by atoms with van der Waals surface area (Å²) in [6.45, 7) is 2.22. The Hall–Kier alpha value is -0.830. The summed E-state index contributed by atoms with van der Waals surface area (Å²) in [5.41, 5.74) is 1.14. The summed E-state index contributed by atoms with van der Waals surface area (Å²) in [6, 6.07) is 2.06. The average molecular weight is 195 g/mol. The van der Waals surface area contributed by atoms with Crippen LogP contribution in [-0.4, -0.2) is 19.4 Å². The van der Waals surface area contributed by atoms with Gasteiger partial charge in [-0.05, 0) is 30.7 Å². The molecule has 1 aliphatic heterocycles. The number of thiophene rings is 1. The molecule has 0 bridgehead atoms. The van der Waals surface area contributed by atoms with Crippen LogP contribution in [0.1, 0.15) is 28.9 Å². The first-order valence-electron chi connectivity index (χ1n) is 4.69. The molecule has 1 saturated heterocycles. The molecule has 2 heterocycles. The van der Waals surface area contributed by atoms with Crippen molar-refractivity contribution in [2.75, 3.05) is 18.0 Å². The van der Waals surface area contributed by atoms with Crippen molar-refractivity contribution in [3.63, 3.8) is 0 Å². The molecule has 3 heteroatoms. The smallest absolute Gasteiger partial charge is 0.162 e. The first-order valence-corrected chi connectivity index (χ1v) is 5.57. The highest BCUT2D eigenvalue weighted by Crippen LogP contribution is 2.26. The van der Waals surface area contributed by atoms with E-state index in [-0.39, 0.29) is 0 Å². The maximum atomic E-state index is 10.7. The fourth-order valence-corrected chi connectivity index (χ4v) is 2.52. The minimum Gasteiger partial charge on any atom is -0.370 e. The van der Waals surface area contributed by atoms with Crippen LogP contribution in [0.25, 0.3) is 0 Å². The van der Waals surface area contributed by atoms with Crippen LogP contribution in [0.15, 0.2) is 11.4 Å². The molecule has 0 spiro atoms. The predicted molar refractivity (Wildman–Crippen MR) is 55.8 cm³/mol. The number of hydrogen-bond acceptors (Lipinski definition) is 3. The fourth-order valence-electron chi connectivity index (χ4n) is 1.80. The SMILES string of the molecule is O=Cc1sccc1N1CCCCC1. The Labute approximate surface area is 82.2 Å². The predicted octanol–water partition coefficient (Wildman–Crippen LogP) is 2.55. The zero-order valence-electron chi connectivity index (χ0n) is 7.53.